The highest BCUT2D eigenvalue weighted by atomic mass is 19.4. The standard InChI is InChI=1S/C16H10F3NO/c17-16(18,19)12-7-3-1-5-10(12)14-9-15(21)11-6-2-4-8-13(11)20-14/h1-9H,(H,20,21). The molecule has 0 bridgehead atoms. The van der Waals surface area contributed by atoms with Gasteiger partial charge in [-0.1, -0.05) is 30.3 Å². The van der Waals surface area contributed by atoms with Crippen molar-refractivity contribution in [3.05, 3.63) is 70.4 Å². The Morgan fingerprint density at radius 3 is 2.33 bits per heavy atom. The maximum atomic E-state index is 13.1. The smallest absolute Gasteiger partial charge is 0.354 e. The molecule has 1 N–H and O–H groups in total. The molecular weight excluding hydrogens is 279 g/mol. The Bertz CT molecular complexity index is 865. The molecule has 0 unspecified atom stereocenters. The van der Waals surface area contributed by atoms with Gasteiger partial charge in [0.15, 0.2) is 5.43 Å². The molecule has 21 heavy (non-hydrogen) atoms. The Morgan fingerprint density at radius 2 is 1.57 bits per heavy atom. The van der Waals surface area contributed by atoms with Gasteiger partial charge in [0, 0.05) is 22.5 Å². The molecule has 0 radical (unpaired) electrons. The van der Waals surface area contributed by atoms with Crippen molar-refractivity contribution < 1.29 is 13.2 Å². The number of fused-ring (bicyclic) bond motifs is 1. The highest BCUT2D eigenvalue weighted by Gasteiger charge is 2.33. The number of hydrogen-bond donors (Lipinski definition) is 1. The van der Waals surface area contributed by atoms with E-state index in [1.54, 1.807) is 24.3 Å². The van der Waals surface area contributed by atoms with Crippen molar-refractivity contribution in [2.75, 3.05) is 0 Å². The second-order valence-corrected chi connectivity index (χ2v) is 4.64. The number of alkyl halides is 3. The van der Waals surface area contributed by atoms with Crippen LogP contribution < -0.4 is 5.43 Å². The second kappa shape index (κ2) is 4.77. The first-order valence-corrected chi connectivity index (χ1v) is 6.25. The molecule has 0 aliphatic heterocycles. The van der Waals surface area contributed by atoms with Crippen molar-refractivity contribution in [3.8, 4) is 11.3 Å². The molecule has 0 aliphatic rings. The predicted octanol–water partition coefficient (Wildman–Crippen LogP) is 4.21. The van der Waals surface area contributed by atoms with Gasteiger partial charge < -0.3 is 4.98 Å². The van der Waals surface area contributed by atoms with Crippen LogP contribution >= 0.6 is 0 Å². The molecule has 0 spiro atoms. The minimum atomic E-state index is -4.47. The maximum absolute atomic E-state index is 13.1. The van der Waals surface area contributed by atoms with Gasteiger partial charge in [0.1, 0.15) is 0 Å². The minimum Gasteiger partial charge on any atom is -0.354 e. The quantitative estimate of drug-likeness (QED) is 0.715. The topological polar surface area (TPSA) is 32.9 Å². The van der Waals surface area contributed by atoms with Gasteiger partial charge in [-0.3, -0.25) is 4.79 Å². The summed E-state index contributed by atoms with van der Waals surface area (Å²) < 4.78 is 39.2. The summed E-state index contributed by atoms with van der Waals surface area (Å²) in [6.07, 6.45) is -4.47. The summed E-state index contributed by atoms with van der Waals surface area (Å²) in [5.74, 6) is 0. The number of rotatable bonds is 1. The summed E-state index contributed by atoms with van der Waals surface area (Å²) in [6.45, 7) is 0. The summed E-state index contributed by atoms with van der Waals surface area (Å²) in [6, 6.07) is 13.1. The van der Waals surface area contributed by atoms with Crippen LogP contribution in [0.3, 0.4) is 0 Å². The van der Waals surface area contributed by atoms with Crippen LogP contribution in [0.15, 0.2) is 59.4 Å². The summed E-state index contributed by atoms with van der Waals surface area (Å²) in [5.41, 5.74) is -0.441. The molecule has 5 heteroatoms. The molecule has 0 saturated carbocycles. The first-order chi connectivity index (χ1) is 9.97. The van der Waals surface area contributed by atoms with Crippen molar-refractivity contribution >= 4 is 10.9 Å². The highest BCUT2D eigenvalue weighted by molar-refractivity contribution is 5.81. The Kier molecular flexibility index (Phi) is 3.05. The van der Waals surface area contributed by atoms with Crippen LogP contribution in [0, 0.1) is 0 Å². The van der Waals surface area contributed by atoms with Crippen LogP contribution in [0.4, 0.5) is 13.2 Å². The molecule has 0 fully saturated rings. The average Bonchev–Trinajstić information content (AvgIpc) is 2.46. The summed E-state index contributed by atoms with van der Waals surface area (Å²) in [7, 11) is 0. The predicted molar refractivity (Wildman–Crippen MR) is 75.0 cm³/mol. The number of benzene rings is 2. The van der Waals surface area contributed by atoms with Crippen molar-refractivity contribution in [2.24, 2.45) is 0 Å². The van der Waals surface area contributed by atoms with Gasteiger partial charge in [0.05, 0.1) is 11.3 Å². The molecule has 2 aromatic carbocycles. The molecule has 106 valence electrons. The lowest BCUT2D eigenvalue weighted by Crippen LogP contribution is -2.09. The van der Waals surface area contributed by atoms with E-state index in [1.807, 2.05) is 0 Å². The highest BCUT2D eigenvalue weighted by Crippen LogP contribution is 2.36. The van der Waals surface area contributed by atoms with E-state index in [9.17, 15) is 18.0 Å². The van der Waals surface area contributed by atoms with E-state index >= 15 is 0 Å². The zero-order chi connectivity index (χ0) is 15.0. The third-order valence-electron chi connectivity index (χ3n) is 3.26. The number of para-hydroxylation sites is 1. The van der Waals surface area contributed by atoms with Crippen LogP contribution in [0.5, 0.6) is 0 Å². The summed E-state index contributed by atoms with van der Waals surface area (Å²) in [4.78, 5) is 14.9. The average molecular weight is 289 g/mol. The first-order valence-electron chi connectivity index (χ1n) is 6.25. The van der Waals surface area contributed by atoms with Gasteiger partial charge in [0.2, 0.25) is 0 Å². The molecule has 0 aliphatic carbocycles. The van der Waals surface area contributed by atoms with Crippen molar-refractivity contribution in [3.63, 3.8) is 0 Å². The number of hydrogen-bond acceptors (Lipinski definition) is 1. The molecule has 3 aromatic rings. The summed E-state index contributed by atoms with van der Waals surface area (Å²) in [5, 5.41) is 0.450. The van der Waals surface area contributed by atoms with Crippen LogP contribution in [-0.4, -0.2) is 4.98 Å². The largest absolute Gasteiger partial charge is 0.417 e. The molecular formula is C16H10F3NO. The Hall–Kier alpha value is -2.56. The van der Waals surface area contributed by atoms with E-state index in [1.165, 1.54) is 24.3 Å². The molecule has 3 rings (SSSR count). The maximum Gasteiger partial charge on any atom is 0.417 e. The Morgan fingerprint density at radius 1 is 0.905 bits per heavy atom. The van der Waals surface area contributed by atoms with E-state index in [4.69, 9.17) is 0 Å². The van der Waals surface area contributed by atoms with Gasteiger partial charge in [-0.25, -0.2) is 0 Å². The molecule has 0 amide bonds. The third kappa shape index (κ3) is 2.42. The van der Waals surface area contributed by atoms with Crippen LogP contribution in [0.1, 0.15) is 5.56 Å². The molecule has 1 heterocycles. The summed E-state index contributed by atoms with van der Waals surface area (Å²) >= 11 is 0. The van der Waals surface area contributed by atoms with Gasteiger partial charge in [-0.15, -0.1) is 0 Å². The Labute approximate surface area is 117 Å². The van der Waals surface area contributed by atoms with E-state index in [0.29, 0.717) is 10.9 Å². The fraction of sp³-hybridized carbons (Fsp3) is 0.0625. The van der Waals surface area contributed by atoms with Gasteiger partial charge in [-0.2, -0.15) is 13.2 Å². The first kappa shape index (κ1) is 13.4. The molecule has 2 nitrogen and oxygen atoms in total. The lowest BCUT2D eigenvalue weighted by Gasteiger charge is -2.13. The lowest BCUT2D eigenvalue weighted by atomic mass is 10.0. The van der Waals surface area contributed by atoms with Gasteiger partial charge >= 0.3 is 6.18 Å². The monoisotopic (exact) mass is 289 g/mol. The number of pyridine rings is 1. The number of H-pyrrole nitrogens is 1. The van der Waals surface area contributed by atoms with Crippen LogP contribution in [0.2, 0.25) is 0 Å². The molecule has 1 aromatic heterocycles. The molecule has 0 saturated heterocycles. The number of nitrogens with one attached hydrogen (secondary N) is 1. The normalized spacial score (nSPS) is 11.8. The van der Waals surface area contributed by atoms with Gasteiger partial charge in [0.25, 0.3) is 0 Å². The number of halogens is 3. The zero-order valence-corrected chi connectivity index (χ0v) is 10.7. The van der Waals surface area contributed by atoms with Crippen LogP contribution in [-0.2, 0) is 6.18 Å². The van der Waals surface area contributed by atoms with Gasteiger partial charge in [-0.05, 0) is 18.2 Å². The number of aromatic nitrogens is 1. The van der Waals surface area contributed by atoms with E-state index in [0.717, 1.165) is 6.07 Å². The Balaban J connectivity index is 2.29. The van der Waals surface area contributed by atoms with Crippen molar-refractivity contribution in [2.45, 2.75) is 6.18 Å². The number of aromatic amines is 1. The fourth-order valence-electron chi connectivity index (χ4n) is 2.31. The van der Waals surface area contributed by atoms with E-state index in [-0.39, 0.29) is 16.7 Å². The van der Waals surface area contributed by atoms with Crippen molar-refractivity contribution in [1.29, 1.82) is 0 Å². The molecule has 0 atom stereocenters. The van der Waals surface area contributed by atoms with Crippen molar-refractivity contribution in [1.82, 2.24) is 4.98 Å². The van der Waals surface area contributed by atoms with E-state index in [2.05, 4.69) is 4.98 Å². The fourth-order valence-corrected chi connectivity index (χ4v) is 2.31. The minimum absolute atomic E-state index is 0.0344. The second-order valence-electron chi connectivity index (χ2n) is 4.64. The lowest BCUT2D eigenvalue weighted by molar-refractivity contribution is -0.137. The van der Waals surface area contributed by atoms with E-state index < -0.39 is 11.7 Å². The SMILES string of the molecule is O=c1cc(-c2ccccc2C(F)(F)F)[nH]c2ccccc12. The third-order valence-corrected chi connectivity index (χ3v) is 3.26. The van der Waals surface area contributed by atoms with Crippen LogP contribution in [0.25, 0.3) is 22.2 Å². The zero-order valence-electron chi connectivity index (χ0n) is 10.7.